The van der Waals surface area contributed by atoms with Crippen molar-refractivity contribution >= 4 is 11.8 Å². The zero-order valence-corrected chi connectivity index (χ0v) is 8.91. The lowest BCUT2D eigenvalue weighted by Crippen LogP contribution is -2.43. The van der Waals surface area contributed by atoms with Gasteiger partial charge in [0.15, 0.2) is 5.96 Å². The number of amidine groups is 1. The van der Waals surface area contributed by atoms with Crippen LogP contribution in [0.4, 0.5) is 0 Å². The number of nitrogens with one attached hydrogen (secondary N) is 3. The van der Waals surface area contributed by atoms with Gasteiger partial charge >= 0.3 is 0 Å². The molecule has 0 saturated carbocycles. The van der Waals surface area contributed by atoms with Crippen LogP contribution in [-0.4, -0.2) is 22.9 Å². The quantitative estimate of drug-likeness (QED) is 0.669. The lowest BCUT2D eigenvalue weighted by Gasteiger charge is -2.17. The maximum atomic E-state index is 4.33. The Labute approximate surface area is 88.7 Å². The van der Waals surface area contributed by atoms with Gasteiger partial charge in [0.05, 0.1) is 6.54 Å². The molecule has 2 rings (SSSR count). The predicted octanol–water partition coefficient (Wildman–Crippen LogP) is 0.828. The van der Waals surface area contributed by atoms with E-state index in [1.807, 2.05) is 32.2 Å². The average molecular weight is 205 g/mol. The molecule has 1 unspecified atom stereocenters. The molecule has 2 heterocycles. The Morgan fingerprint density at radius 2 is 2.33 bits per heavy atom. The van der Waals surface area contributed by atoms with Gasteiger partial charge in [-0.05, 0) is 26.0 Å². The van der Waals surface area contributed by atoms with E-state index in [9.17, 15) is 0 Å². The summed E-state index contributed by atoms with van der Waals surface area (Å²) in [6, 6.07) is 4.00. The summed E-state index contributed by atoms with van der Waals surface area (Å²) in [4.78, 5) is 11.7. The highest BCUT2D eigenvalue weighted by Crippen LogP contribution is 1.98. The third-order valence-electron chi connectivity index (χ3n) is 2.10. The molecule has 0 amide bonds. The number of rotatable bonds is 2. The van der Waals surface area contributed by atoms with E-state index in [0.717, 1.165) is 24.0 Å². The standard InChI is InChI=1S/C10H15N5/c1-7-13-8(2)15-10(14-7)12-6-9-4-3-5-11-9/h3-5,7,11H,6H2,1-2H3,(H2,12,13,14,15). The van der Waals surface area contributed by atoms with Gasteiger partial charge in [0, 0.05) is 11.9 Å². The molecule has 0 aromatic carbocycles. The highest BCUT2D eigenvalue weighted by Gasteiger charge is 2.09. The Morgan fingerprint density at radius 3 is 3.00 bits per heavy atom. The number of hydrogen-bond donors (Lipinski definition) is 3. The SMILES string of the molecule is CC1=NC(C)N=C(NCc2ccc[nH]2)N1. The third kappa shape index (κ3) is 2.59. The molecule has 3 N–H and O–H groups in total. The van der Waals surface area contributed by atoms with Gasteiger partial charge < -0.3 is 15.6 Å². The Morgan fingerprint density at radius 1 is 1.47 bits per heavy atom. The van der Waals surface area contributed by atoms with Crippen LogP contribution in [0, 0.1) is 0 Å². The van der Waals surface area contributed by atoms with Crippen molar-refractivity contribution in [1.29, 1.82) is 0 Å². The fraction of sp³-hybridized carbons (Fsp3) is 0.400. The van der Waals surface area contributed by atoms with E-state index in [4.69, 9.17) is 0 Å². The summed E-state index contributed by atoms with van der Waals surface area (Å²) < 4.78 is 0. The lowest BCUT2D eigenvalue weighted by atomic mass is 10.4. The van der Waals surface area contributed by atoms with Crippen molar-refractivity contribution in [2.45, 2.75) is 26.6 Å². The minimum Gasteiger partial charge on any atom is -0.364 e. The fourth-order valence-electron chi connectivity index (χ4n) is 1.48. The van der Waals surface area contributed by atoms with E-state index in [2.05, 4.69) is 25.6 Å². The number of hydrogen-bond acceptors (Lipinski definition) is 4. The molecule has 0 radical (unpaired) electrons. The third-order valence-corrected chi connectivity index (χ3v) is 2.10. The molecular weight excluding hydrogens is 190 g/mol. The molecule has 0 fully saturated rings. The van der Waals surface area contributed by atoms with Gasteiger partial charge in [0.1, 0.15) is 12.0 Å². The summed E-state index contributed by atoms with van der Waals surface area (Å²) in [5, 5.41) is 6.30. The normalized spacial score (nSPS) is 20.3. The van der Waals surface area contributed by atoms with Crippen molar-refractivity contribution in [2.24, 2.45) is 9.98 Å². The molecule has 0 bridgehead atoms. The van der Waals surface area contributed by atoms with E-state index in [-0.39, 0.29) is 6.17 Å². The number of nitrogens with zero attached hydrogens (tertiary/aromatic N) is 2. The molecule has 0 spiro atoms. The van der Waals surface area contributed by atoms with Crippen molar-refractivity contribution < 1.29 is 0 Å². The van der Waals surface area contributed by atoms with Gasteiger partial charge in [-0.15, -0.1) is 0 Å². The van der Waals surface area contributed by atoms with Crippen LogP contribution < -0.4 is 10.6 Å². The van der Waals surface area contributed by atoms with Crippen LogP contribution in [0.25, 0.3) is 0 Å². The largest absolute Gasteiger partial charge is 0.364 e. The second kappa shape index (κ2) is 4.16. The van der Waals surface area contributed by atoms with Crippen molar-refractivity contribution in [3.05, 3.63) is 24.0 Å². The molecule has 1 aliphatic heterocycles. The highest BCUT2D eigenvalue weighted by atomic mass is 15.3. The Hall–Kier alpha value is -1.78. The lowest BCUT2D eigenvalue weighted by molar-refractivity contribution is 0.738. The van der Waals surface area contributed by atoms with Gasteiger partial charge in [-0.2, -0.15) is 0 Å². The van der Waals surface area contributed by atoms with Crippen LogP contribution in [0.15, 0.2) is 28.3 Å². The number of aliphatic imine (C=N–C) groups is 2. The number of H-pyrrole nitrogens is 1. The maximum Gasteiger partial charge on any atom is 0.199 e. The van der Waals surface area contributed by atoms with Crippen LogP contribution in [-0.2, 0) is 6.54 Å². The van der Waals surface area contributed by atoms with Gasteiger partial charge in [0.25, 0.3) is 0 Å². The molecule has 80 valence electrons. The first kappa shape index (κ1) is 9.76. The summed E-state index contributed by atoms with van der Waals surface area (Å²) in [5.41, 5.74) is 1.13. The van der Waals surface area contributed by atoms with Crippen LogP contribution in [0.1, 0.15) is 19.5 Å². The molecule has 1 aromatic heterocycles. The summed E-state index contributed by atoms with van der Waals surface area (Å²) in [5.74, 6) is 1.68. The monoisotopic (exact) mass is 205 g/mol. The zero-order chi connectivity index (χ0) is 10.7. The first-order valence-corrected chi connectivity index (χ1v) is 4.99. The maximum absolute atomic E-state index is 4.33. The van der Waals surface area contributed by atoms with Gasteiger partial charge in [-0.1, -0.05) is 0 Å². The topological polar surface area (TPSA) is 64.6 Å². The number of aromatic nitrogens is 1. The van der Waals surface area contributed by atoms with Crippen molar-refractivity contribution in [3.63, 3.8) is 0 Å². The van der Waals surface area contributed by atoms with E-state index in [1.165, 1.54) is 0 Å². The molecule has 1 atom stereocenters. The molecule has 5 nitrogen and oxygen atoms in total. The van der Waals surface area contributed by atoms with Crippen LogP contribution in [0.5, 0.6) is 0 Å². The van der Waals surface area contributed by atoms with E-state index < -0.39 is 0 Å². The second-order valence-electron chi connectivity index (χ2n) is 3.50. The van der Waals surface area contributed by atoms with E-state index in [0.29, 0.717) is 0 Å². The summed E-state index contributed by atoms with van der Waals surface area (Å²) in [7, 11) is 0. The summed E-state index contributed by atoms with van der Waals surface area (Å²) >= 11 is 0. The molecule has 5 heteroatoms. The van der Waals surface area contributed by atoms with E-state index in [1.54, 1.807) is 0 Å². The first-order valence-electron chi connectivity index (χ1n) is 4.99. The van der Waals surface area contributed by atoms with Crippen molar-refractivity contribution in [3.8, 4) is 0 Å². The van der Waals surface area contributed by atoms with Gasteiger partial charge in [0.2, 0.25) is 0 Å². The molecule has 0 aliphatic carbocycles. The average Bonchev–Trinajstić information content (AvgIpc) is 2.65. The molecule has 0 saturated heterocycles. The van der Waals surface area contributed by atoms with Crippen molar-refractivity contribution in [1.82, 2.24) is 15.6 Å². The molecule has 1 aliphatic rings. The van der Waals surface area contributed by atoms with Gasteiger partial charge in [-0.25, -0.2) is 9.98 Å². The second-order valence-corrected chi connectivity index (χ2v) is 3.50. The Bertz CT molecular complexity index is 377. The minimum absolute atomic E-state index is 0.00241. The molecule has 1 aromatic rings. The Kier molecular flexibility index (Phi) is 2.71. The highest BCUT2D eigenvalue weighted by molar-refractivity contribution is 5.99. The van der Waals surface area contributed by atoms with Crippen LogP contribution >= 0.6 is 0 Å². The zero-order valence-electron chi connectivity index (χ0n) is 8.91. The Balaban J connectivity index is 1.90. The molecular formula is C10H15N5. The summed E-state index contributed by atoms with van der Waals surface area (Å²) in [6.07, 6.45) is 1.90. The van der Waals surface area contributed by atoms with Crippen molar-refractivity contribution in [2.75, 3.05) is 0 Å². The number of aromatic amines is 1. The van der Waals surface area contributed by atoms with E-state index >= 15 is 0 Å². The first-order chi connectivity index (χ1) is 7.24. The van der Waals surface area contributed by atoms with Crippen LogP contribution in [0.3, 0.4) is 0 Å². The van der Waals surface area contributed by atoms with Gasteiger partial charge in [-0.3, -0.25) is 0 Å². The summed E-state index contributed by atoms with van der Waals surface area (Å²) in [6.45, 7) is 4.63. The number of guanidine groups is 1. The van der Waals surface area contributed by atoms with Crippen LogP contribution in [0.2, 0.25) is 0 Å². The molecule has 15 heavy (non-hydrogen) atoms. The minimum atomic E-state index is -0.00241. The smallest absolute Gasteiger partial charge is 0.199 e. The fourth-order valence-corrected chi connectivity index (χ4v) is 1.48. The predicted molar refractivity (Wildman–Crippen MR) is 60.8 cm³/mol.